The number of aromatic nitrogens is 1. The van der Waals surface area contributed by atoms with Crippen LogP contribution in [-0.4, -0.2) is 16.8 Å². The highest BCUT2D eigenvalue weighted by Crippen LogP contribution is 2.28. The fraction of sp³-hybridized carbons (Fsp3) is 0.538. The second kappa shape index (κ2) is 5.21. The van der Waals surface area contributed by atoms with Gasteiger partial charge in [-0.1, -0.05) is 25.7 Å². The molecule has 0 radical (unpaired) electrons. The first-order valence-electron chi connectivity index (χ1n) is 5.97. The molecule has 1 heterocycles. The number of Topliss-reactive ketones (excluding diaryl/α,β-unsaturated/α-hetero) is 1. The van der Waals surface area contributed by atoms with Crippen LogP contribution in [0.5, 0.6) is 0 Å². The van der Waals surface area contributed by atoms with Crippen LogP contribution in [0.25, 0.3) is 0 Å². The lowest BCUT2D eigenvalue weighted by Crippen LogP contribution is -2.32. The van der Waals surface area contributed by atoms with E-state index in [4.69, 9.17) is 5.73 Å². The smallest absolute Gasteiger partial charge is 0.181 e. The van der Waals surface area contributed by atoms with E-state index in [1.807, 2.05) is 0 Å². The van der Waals surface area contributed by atoms with Crippen molar-refractivity contribution >= 4 is 5.78 Å². The second-order valence-electron chi connectivity index (χ2n) is 4.60. The van der Waals surface area contributed by atoms with Gasteiger partial charge in [0.25, 0.3) is 0 Å². The number of hydrogen-bond acceptors (Lipinski definition) is 3. The van der Waals surface area contributed by atoms with Gasteiger partial charge in [0, 0.05) is 18.0 Å². The van der Waals surface area contributed by atoms with Gasteiger partial charge in [0.1, 0.15) is 0 Å². The first-order chi connectivity index (χ1) is 7.77. The molecule has 0 saturated heterocycles. The largest absolute Gasteiger partial charge is 0.321 e. The Bertz CT molecular complexity index is 344. The van der Waals surface area contributed by atoms with Crippen molar-refractivity contribution in [1.29, 1.82) is 0 Å². The van der Waals surface area contributed by atoms with E-state index in [1.54, 1.807) is 24.5 Å². The fourth-order valence-electron chi connectivity index (χ4n) is 2.43. The van der Waals surface area contributed by atoms with Gasteiger partial charge >= 0.3 is 0 Å². The van der Waals surface area contributed by atoms with E-state index in [0.29, 0.717) is 11.5 Å². The molecule has 1 atom stereocenters. The fourth-order valence-corrected chi connectivity index (χ4v) is 2.43. The first kappa shape index (κ1) is 11.3. The topological polar surface area (TPSA) is 56.0 Å². The molecule has 3 heteroatoms. The number of pyridine rings is 1. The molecule has 3 nitrogen and oxygen atoms in total. The van der Waals surface area contributed by atoms with Crippen LogP contribution in [0.2, 0.25) is 0 Å². The average molecular weight is 218 g/mol. The van der Waals surface area contributed by atoms with E-state index in [1.165, 1.54) is 25.7 Å². The molecular formula is C13H18N2O. The van der Waals surface area contributed by atoms with Crippen LogP contribution < -0.4 is 5.73 Å². The molecule has 1 aromatic rings. The zero-order valence-electron chi connectivity index (χ0n) is 9.43. The van der Waals surface area contributed by atoms with E-state index in [0.717, 1.165) is 6.42 Å². The molecule has 86 valence electrons. The van der Waals surface area contributed by atoms with Crippen LogP contribution >= 0.6 is 0 Å². The Balaban J connectivity index is 1.94. The summed E-state index contributed by atoms with van der Waals surface area (Å²) in [5, 5.41) is 0. The second-order valence-corrected chi connectivity index (χ2v) is 4.60. The summed E-state index contributed by atoms with van der Waals surface area (Å²) in [6, 6.07) is 3.20. The van der Waals surface area contributed by atoms with Gasteiger partial charge in [0.2, 0.25) is 0 Å². The third-order valence-corrected chi connectivity index (χ3v) is 3.34. The molecule has 2 N–H and O–H groups in total. The van der Waals surface area contributed by atoms with Crippen molar-refractivity contribution in [2.24, 2.45) is 11.7 Å². The molecule has 16 heavy (non-hydrogen) atoms. The van der Waals surface area contributed by atoms with Crippen molar-refractivity contribution in [3.8, 4) is 0 Å². The van der Waals surface area contributed by atoms with Crippen LogP contribution in [-0.2, 0) is 0 Å². The Morgan fingerprint density at radius 2 is 2.25 bits per heavy atom. The normalized spacial score (nSPS) is 18.6. The third kappa shape index (κ3) is 2.67. The number of rotatable bonds is 4. The summed E-state index contributed by atoms with van der Waals surface area (Å²) >= 11 is 0. The van der Waals surface area contributed by atoms with Gasteiger partial charge < -0.3 is 5.73 Å². The van der Waals surface area contributed by atoms with Crippen molar-refractivity contribution in [3.05, 3.63) is 30.1 Å². The van der Waals surface area contributed by atoms with Gasteiger partial charge in [-0.15, -0.1) is 0 Å². The quantitative estimate of drug-likeness (QED) is 0.788. The van der Waals surface area contributed by atoms with Gasteiger partial charge in [0.15, 0.2) is 5.78 Å². The number of carbonyl (C=O) groups excluding carboxylic acids is 1. The van der Waals surface area contributed by atoms with Gasteiger partial charge in [-0.2, -0.15) is 0 Å². The van der Waals surface area contributed by atoms with Crippen LogP contribution in [0, 0.1) is 5.92 Å². The highest BCUT2D eigenvalue weighted by molar-refractivity contribution is 5.99. The highest BCUT2D eigenvalue weighted by Gasteiger charge is 2.22. The Kier molecular flexibility index (Phi) is 3.67. The molecule has 1 aromatic heterocycles. The number of nitrogens with zero attached hydrogens (tertiary/aromatic N) is 1. The summed E-state index contributed by atoms with van der Waals surface area (Å²) in [6.07, 6.45) is 9.13. The third-order valence-electron chi connectivity index (χ3n) is 3.34. The molecule has 1 aliphatic carbocycles. The predicted octanol–water partition coefficient (Wildman–Crippen LogP) is 2.17. The highest BCUT2D eigenvalue weighted by atomic mass is 16.1. The molecule has 2 rings (SSSR count). The van der Waals surface area contributed by atoms with Crippen molar-refractivity contribution in [1.82, 2.24) is 4.98 Å². The molecule has 1 saturated carbocycles. The molecule has 1 aliphatic rings. The lowest BCUT2D eigenvalue weighted by atomic mass is 9.94. The molecule has 1 fully saturated rings. The summed E-state index contributed by atoms with van der Waals surface area (Å²) in [5.41, 5.74) is 6.58. The lowest BCUT2D eigenvalue weighted by molar-refractivity contribution is 0.0948. The maximum absolute atomic E-state index is 12.0. The minimum atomic E-state index is -0.354. The first-order valence-corrected chi connectivity index (χ1v) is 5.97. The predicted molar refractivity (Wildman–Crippen MR) is 63.1 cm³/mol. The van der Waals surface area contributed by atoms with E-state index in [9.17, 15) is 4.79 Å². The number of nitrogens with two attached hydrogens (primary N) is 1. The Morgan fingerprint density at radius 3 is 2.88 bits per heavy atom. The number of ketones is 1. The molecule has 0 aromatic carbocycles. The van der Waals surface area contributed by atoms with E-state index < -0.39 is 0 Å². The maximum Gasteiger partial charge on any atom is 0.181 e. The van der Waals surface area contributed by atoms with Crippen LogP contribution in [0.1, 0.15) is 42.5 Å². The number of hydrogen-bond donors (Lipinski definition) is 1. The van der Waals surface area contributed by atoms with Gasteiger partial charge in [-0.05, 0) is 24.5 Å². The average Bonchev–Trinajstić information content (AvgIpc) is 2.82. The summed E-state index contributed by atoms with van der Waals surface area (Å²) in [6.45, 7) is 0. The van der Waals surface area contributed by atoms with Crippen LogP contribution in [0.3, 0.4) is 0 Å². The van der Waals surface area contributed by atoms with Crippen molar-refractivity contribution in [2.75, 3.05) is 0 Å². The van der Waals surface area contributed by atoms with E-state index >= 15 is 0 Å². The molecule has 0 bridgehead atoms. The van der Waals surface area contributed by atoms with Crippen molar-refractivity contribution < 1.29 is 4.79 Å². The SMILES string of the molecule is NC(CC1CCCC1)C(=O)c1cccnc1. The monoisotopic (exact) mass is 218 g/mol. The molecule has 0 aliphatic heterocycles. The minimum Gasteiger partial charge on any atom is -0.321 e. The molecule has 1 unspecified atom stereocenters. The summed E-state index contributed by atoms with van der Waals surface area (Å²) < 4.78 is 0. The van der Waals surface area contributed by atoms with Crippen LogP contribution in [0.4, 0.5) is 0 Å². The molecule has 0 amide bonds. The Morgan fingerprint density at radius 1 is 1.50 bits per heavy atom. The van der Waals surface area contributed by atoms with Gasteiger partial charge in [-0.3, -0.25) is 9.78 Å². The minimum absolute atomic E-state index is 0.0278. The van der Waals surface area contributed by atoms with Crippen molar-refractivity contribution in [3.63, 3.8) is 0 Å². The summed E-state index contributed by atoms with van der Waals surface area (Å²) in [5.74, 6) is 0.677. The lowest BCUT2D eigenvalue weighted by Gasteiger charge is -2.14. The summed E-state index contributed by atoms with van der Waals surface area (Å²) in [4.78, 5) is 15.9. The van der Waals surface area contributed by atoms with Gasteiger partial charge in [-0.25, -0.2) is 0 Å². The zero-order valence-corrected chi connectivity index (χ0v) is 9.43. The summed E-state index contributed by atoms with van der Waals surface area (Å²) in [7, 11) is 0. The Hall–Kier alpha value is -1.22. The molecule has 0 spiro atoms. The van der Waals surface area contributed by atoms with Crippen LogP contribution in [0.15, 0.2) is 24.5 Å². The van der Waals surface area contributed by atoms with Crippen molar-refractivity contribution in [2.45, 2.75) is 38.1 Å². The molecular weight excluding hydrogens is 200 g/mol. The zero-order chi connectivity index (χ0) is 11.4. The van der Waals surface area contributed by atoms with E-state index in [-0.39, 0.29) is 11.8 Å². The maximum atomic E-state index is 12.0. The standard InChI is InChI=1S/C13H18N2O/c14-12(8-10-4-1-2-5-10)13(16)11-6-3-7-15-9-11/h3,6-7,9-10,12H,1-2,4-5,8,14H2. The van der Waals surface area contributed by atoms with E-state index in [2.05, 4.69) is 4.98 Å². The van der Waals surface area contributed by atoms with Gasteiger partial charge in [0.05, 0.1) is 6.04 Å². The number of carbonyl (C=O) groups is 1. The Labute approximate surface area is 96.1 Å².